The van der Waals surface area contributed by atoms with Gasteiger partial charge in [0, 0.05) is 31.1 Å². The van der Waals surface area contributed by atoms with E-state index in [0.717, 1.165) is 25.6 Å². The molecule has 1 saturated heterocycles. The molecule has 0 saturated carbocycles. The molecule has 3 rings (SSSR count). The van der Waals surface area contributed by atoms with E-state index in [2.05, 4.69) is 51.7 Å². The van der Waals surface area contributed by atoms with Gasteiger partial charge >= 0.3 is 0 Å². The van der Waals surface area contributed by atoms with Crippen molar-refractivity contribution in [3.05, 3.63) is 22.4 Å². The number of hydrogen-bond donors (Lipinski definition) is 1. The molecular weight excluding hydrogens is 268 g/mol. The zero-order chi connectivity index (χ0) is 13.9. The van der Waals surface area contributed by atoms with Gasteiger partial charge < -0.3 is 10.2 Å². The lowest BCUT2D eigenvalue weighted by molar-refractivity contribution is 0.125. The van der Waals surface area contributed by atoms with Crippen LogP contribution in [0.2, 0.25) is 0 Å². The van der Waals surface area contributed by atoms with Crippen LogP contribution >= 0.6 is 11.3 Å². The third kappa shape index (κ3) is 2.83. The smallest absolute Gasteiger partial charge is 0.193 e. The number of guanidine groups is 1. The number of likely N-dealkylation sites (N-methyl/N-ethyl adjacent to an activating group) is 1. The summed E-state index contributed by atoms with van der Waals surface area (Å²) in [5, 5.41) is 5.76. The molecule has 2 aliphatic rings. The number of rotatable bonds is 3. The highest BCUT2D eigenvalue weighted by atomic mass is 32.1. The van der Waals surface area contributed by atoms with Crippen molar-refractivity contribution in [2.45, 2.75) is 18.9 Å². The van der Waals surface area contributed by atoms with E-state index in [1.165, 1.54) is 24.3 Å². The highest BCUT2D eigenvalue weighted by molar-refractivity contribution is 7.10. The monoisotopic (exact) mass is 292 g/mol. The minimum atomic E-state index is 0.559. The van der Waals surface area contributed by atoms with Crippen molar-refractivity contribution >= 4 is 17.3 Å². The Balaban J connectivity index is 1.66. The summed E-state index contributed by atoms with van der Waals surface area (Å²) < 4.78 is 0. The molecule has 1 aromatic heterocycles. The fourth-order valence-corrected chi connectivity index (χ4v) is 4.31. The average molecular weight is 292 g/mol. The molecule has 1 aromatic rings. The van der Waals surface area contributed by atoms with Crippen molar-refractivity contribution in [1.29, 1.82) is 0 Å². The molecule has 1 fully saturated rings. The zero-order valence-electron chi connectivity index (χ0n) is 12.4. The number of hydrogen-bond acceptors (Lipinski definition) is 5. The van der Waals surface area contributed by atoms with Gasteiger partial charge in [-0.3, -0.25) is 9.89 Å². The van der Waals surface area contributed by atoms with Gasteiger partial charge in [0.1, 0.15) is 0 Å². The van der Waals surface area contributed by atoms with Gasteiger partial charge in [0.2, 0.25) is 0 Å². The van der Waals surface area contributed by atoms with E-state index in [9.17, 15) is 0 Å². The van der Waals surface area contributed by atoms with E-state index in [0.29, 0.717) is 12.0 Å². The second-order valence-corrected chi connectivity index (χ2v) is 6.83. The maximum Gasteiger partial charge on any atom is 0.193 e. The first-order valence-corrected chi connectivity index (χ1v) is 8.37. The van der Waals surface area contributed by atoms with Crippen LogP contribution in [-0.4, -0.2) is 56.0 Å². The van der Waals surface area contributed by atoms with Gasteiger partial charge in [-0.2, -0.15) is 0 Å². The van der Waals surface area contributed by atoms with Crippen LogP contribution in [0.15, 0.2) is 22.5 Å². The van der Waals surface area contributed by atoms with Crippen molar-refractivity contribution in [2.75, 3.05) is 40.3 Å². The van der Waals surface area contributed by atoms with Crippen LogP contribution in [0.3, 0.4) is 0 Å². The van der Waals surface area contributed by atoms with Crippen molar-refractivity contribution in [3.63, 3.8) is 0 Å². The van der Waals surface area contributed by atoms with E-state index in [1.54, 1.807) is 0 Å². The summed E-state index contributed by atoms with van der Waals surface area (Å²) in [5.41, 5.74) is 0. The number of piperidine rings is 1. The quantitative estimate of drug-likeness (QED) is 0.925. The topological polar surface area (TPSA) is 30.9 Å². The Morgan fingerprint density at radius 1 is 1.40 bits per heavy atom. The van der Waals surface area contributed by atoms with Crippen LogP contribution in [-0.2, 0) is 0 Å². The summed E-state index contributed by atoms with van der Waals surface area (Å²) in [6.45, 7) is 4.20. The SMILES string of the molecule is CN1CCN=C1NCC1CCCN(C)C1c1cccs1. The fraction of sp³-hybridized carbons (Fsp3) is 0.667. The standard InChI is InChI=1S/C15H24N4S/c1-18-8-3-5-12(14(18)13-6-4-10-20-13)11-17-15-16-7-9-19(15)2/h4,6,10,12,14H,3,5,7-9,11H2,1-2H3,(H,16,17). The molecule has 0 aromatic carbocycles. The largest absolute Gasteiger partial charge is 0.356 e. The zero-order valence-corrected chi connectivity index (χ0v) is 13.2. The van der Waals surface area contributed by atoms with Crippen molar-refractivity contribution < 1.29 is 0 Å². The summed E-state index contributed by atoms with van der Waals surface area (Å²) in [4.78, 5) is 10.8. The number of aliphatic imine (C=N–C) groups is 1. The molecule has 2 unspecified atom stereocenters. The lowest BCUT2D eigenvalue weighted by Crippen LogP contribution is -2.44. The Morgan fingerprint density at radius 2 is 2.30 bits per heavy atom. The van der Waals surface area contributed by atoms with E-state index in [4.69, 9.17) is 0 Å². The lowest BCUT2D eigenvalue weighted by atomic mass is 9.88. The molecule has 4 nitrogen and oxygen atoms in total. The summed E-state index contributed by atoms with van der Waals surface area (Å²) in [6.07, 6.45) is 2.60. The molecule has 20 heavy (non-hydrogen) atoms. The van der Waals surface area contributed by atoms with Crippen molar-refractivity contribution in [2.24, 2.45) is 10.9 Å². The molecule has 0 aliphatic carbocycles. The Bertz CT molecular complexity index is 456. The van der Waals surface area contributed by atoms with Crippen LogP contribution in [0, 0.1) is 5.92 Å². The van der Waals surface area contributed by atoms with Crippen LogP contribution < -0.4 is 5.32 Å². The summed E-state index contributed by atoms with van der Waals surface area (Å²) >= 11 is 1.89. The summed E-state index contributed by atoms with van der Waals surface area (Å²) in [7, 11) is 4.37. The van der Waals surface area contributed by atoms with Gasteiger partial charge in [-0.05, 0) is 43.8 Å². The van der Waals surface area contributed by atoms with Gasteiger partial charge in [0.25, 0.3) is 0 Å². The minimum absolute atomic E-state index is 0.559. The highest BCUT2D eigenvalue weighted by Gasteiger charge is 2.31. The predicted molar refractivity (Wildman–Crippen MR) is 85.3 cm³/mol. The number of thiophene rings is 1. The molecule has 0 amide bonds. The molecular formula is C15H24N4S. The summed E-state index contributed by atoms with van der Waals surface area (Å²) in [5.74, 6) is 1.74. The average Bonchev–Trinajstić information content (AvgIpc) is 3.08. The second-order valence-electron chi connectivity index (χ2n) is 5.85. The lowest BCUT2D eigenvalue weighted by Gasteiger charge is -2.39. The molecule has 2 aliphatic heterocycles. The minimum Gasteiger partial charge on any atom is -0.356 e. The molecule has 110 valence electrons. The Hall–Kier alpha value is -1.07. The van der Waals surface area contributed by atoms with Crippen LogP contribution in [0.4, 0.5) is 0 Å². The Kier molecular flexibility index (Phi) is 4.27. The van der Waals surface area contributed by atoms with E-state index in [1.807, 2.05) is 11.3 Å². The van der Waals surface area contributed by atoms with Gasteiger partial charge in [0.05, 0.1) is 6.54 Å². The van der Waals surface area contributed by atoms with Gasteiger partial charge in [-0.1, -0.05) is 6.07 Å². The maximum atomic E-state index is 4.53. The number of nitrogens with one attached hydrogen (secondary N) is 1. The van der Waals surface area contributed by atoms with Crippen LogP contribution in [0.1, 0.15) is 23.8 Å². The molecule has 0 radical (unpaired) electrons. The molecule has 0 bridgehead atoms. The van der Waals surface area contributed by atoms with E-state index >= 15 is 0 Å². The third-order valence-electron chi connectivity index (χ3n) is 4.42. The second kappa shape index (κ2) is 6.14. The van der Waals surface area contributed by atoms with Crippen molar-refractivity contribution in [1.82, 2.24) is 15.1 Å². The van der Waals surface area contributed by atoms with E-state index in [-0.39, 0.29) is 0 Å². The summed E-state index contributed by atoms with van der Waals surface area (Å²) in [6, 6.07) is 5.01. The fourth-order valence-electron chi connectivity index (χ4n) is 3.33. The van der Waals surface area contributed by atoms with Gasteiger partial charge in [-0.25, -0.2) is 0 Å². The molecule has 1 N–H and O–H groups in total. The Morgan fingerprint density at radius 3 is 3.00 bits per heavy atom. The number of nitrogens with zero attached hydrogens (tertiary/aromatic N) is 3. The van der Waals surface area contributed by atoms with Crippen LogP contribution in [0.25, 0.3) is 0 Å². The van der Waals surface area contributed by atoms with Crippen LogP contribution in [0.5, 0.6) is 0 Å². The highest BCUT2D eigenvalue weighted by Crippen LogP contribution is 2.36. The first-order valence-electron chi connectivity index (χ1n) is 7.49. The predicted octanol–water partition coefficient (Wildman–Crippen LogP) is 2.02. The van der Waals surface area contributed by atoms with Crippen molar-refractivity contribution in [3.8, 4) is 0 Å². The third-order valence-corrected chi connectivity index (χ3v) is 5.37. The normalized spacial score (nSPS) is 27.7. The number of likely N-dealkylation sites (tertiary alicyclic amines) is 1. The first-order chi connectivity index (χ1) is 9.75. The first kappa shape index (κ1) is 13.9. The van der Waals surface area contributed by atoms with Gasteiger partial charge in [-0.15, -0.1) is 11.3 Å². The van der Waals surface area contributed by atoms with E-state index < -0.39 is 0 Å². The molecule has 3 heterocycles. The Labute approximate surface area is 125 Å². The molecule has 0 spiro atoms. The van der Waals surface area contributed by atoms with Gasteiger partial charge in [0.15, 0.2) is 5.96 Å². The molecule has 2 atom stereocenters. The maximum absolute atomic E-state index is 4.53. The molecule has 5 heteroatoms.